The minimum atomic E-state index is 0.0326. The lowest BCUT2D eigenvalue weighted by atomic mass is 9.80. The van der Waals surface area contributed by atoms with E-state index in [0.717, 1.165) is 45.8 Å². The third-order valence-electron chi connectivity index (χ3n) is 3.42. The van der Waals surface area contributed by atoms with Crippen molar-refractivity contribution in [3.8, 4) is 0 Å². The van der Waals surface area contributed by atoms with Gasteiger partial charge in [0.25, 0.3) is 0 Å². The Morgan fingerprint density at radius 1 is 1.35 bits per heavy atom. The fraction of sp³-hybridized carbons (Fsp3) is 1.00. The van der Waals surface area contributed by atoms with E-state index in [2.05, 4.69) is 11.9 Å². The smallest absolute Gasteiger partial charge is 0.0596 e. The first-order chi connectivity index (χ1) is 8.08. The standard InChI is InChI=1S/C13H27NO3/c1-12(2)17-9-6-14(3)10-13(11-15)4-7-16-8-5-13/h12,15H,4-11H2,1-3H3. The summed E-state index contributed by atoms with van der Waals surface area (Å²) >= 11 is 0. The van der Waals surface area contributed by atoms with Gasteiger partial charge in [-0.3, -0.25) is 0 Å². The van der Waals surface area contributed by atoms with Gasteiger partial charge >= 0.3 is 0 Å². The molecule has 0 saturated carbocycles. The molecular formula is C13H27NO3. The second kappa shape index (κ2) is 7.31. The number of hydrogen-bond donors (Lipinski definition) is 1. The third kappa shape index (κ3) is 5.34. The predicted octanol–water partition coefficient (Wildman–Crippen LogP) is 1.13. The molecule has 0 aromatic heterocycles. The van der Waals surface area contributed by atoms with Crippen LogP contribution in [0, 0.1) is 5.41 Å². The van der Waals surface area contributed by atoms with Crippen molar-refractivity contribution in [2.45, 2.75) is 32.8 Å². The molecule has 1 N–H and O–H groups in total. The highest BCUT2D eigenvalue weighted by atomic mass is 16.5. The van der Waals surface area contributed by atoms with Crippen LogP contribution in [0.1, 0.15) is 26.7 Å². The highest BCUT2D eigenvalue weighted by Gasteiger charge is 2.32. The molecule has 0 amide bonds. The number of hydrogen-bond acceptors (Lipinski definition) is 4. The lowest BCUT2D eigenvalue weighted by Gasteiger charge is -2.38. The molecule has 0 aromatic carbocycles. The largest absolute Gasteiger partial charge is 0.396 e. The van der Waals surface area contributed by atoms with Crippen LogP contribution in [0.3, 0.4) is 0 Å². The average molecular weight is 245 g/mol. The van der Waals surface area contributed by atoms with Gasteiger partial charge < -0.3 is 19.5 Å². The predicted molar refractivity (Wildman–Crippen MR) is 68.2 cm³/mol. The summed E-state index contributed by atoms with van der Waals surface area (Å²) in [7, 11) is 2.09. The molecule has 1 rings (SSSR count). The molecule has 1 heterocycles. The van der Waals surface area contributed by atoms with Gasteiger partial charge in [0.05, 0.1) is 19.3 Å². The molecule has 102 valence electrons. The zero-order chi connectivity index (χ0) is 12.7. The number of aliphatic hydroxyl groups is 1. The van der Waals surface area contributed by atoms with Crippen molar-refractivity contribution in [3.05, 3.63) is 0 Å². The van der Waals surface area contributed by atoms with Gasteiger partial charge in [-0.25, -0.2) is 0 Å². The van der Waals surface area contributed by atoms with Gasteiger partial charge in [-0.15, -0.1) is 0 Å². The Labute approximate surface area is 105 Å². The average Bonchev–Trinajstić information content (AvgIpc) is 2.29. The molecule has 0 radical (unpaired) electrons. The second-order valence-corrected chi connectivity index (χ2v) is 5.43. The molecule has 0 atom stereocenters. The van der Waals surface area contributed by atoms with E-state index in [0.29, 0.717) is 6.10 Å². The van der Waals surface area contributed by atoms with Crippen LogP contribution in [0.5, 0.6) is 0 Å². The van der Waals surface area contributed by atoms with Crippen LogP contribution in [0.25, 0.3) is 0 Å². The molecule has 4 heteroatoms. The van der Waals surface area contributed by atoms with Gasteiger partial charge in [0, 0.05) is 31.7 Å². The molecule has 1 saturated heterocycles. The summed E-state index contributed by atoms with van der Waals surface area (Å²) in [5, 5.41) is 9.59. The van der Waals surface area contributed by atoms with Gasteiger partial charge in [0.15, 0.2) is 0 Å². The highest BCUT2D eigenvalue weighted by Crippen LogP contribution is 2.30. The highest BCUT2D eigenvalue weighted by molar-refractivity contribution is 4.83. The molecular weight excluding hydrogens is 218 g/mol. The van der Waals surface area contributed by atoms with Crippen LogP contribution < -0.4 is 0 Å². The maximum Gasteiger partial charge on any atom is 0.0596 e. The quantitative estimate of drug-likeness (QED) is 0.730. The van der Waals surface area contributed by atoms with Crippen molar-refractivity contribution in [2.24, 2.45) is 5.41 Å². The summed E-state index contributed by atoms with van der Waals surface area (Å²) in [6, 6.07) is 0. The fourth-order valence-corrected chi connectivity index (χ4v) is 2.27. The van der Waals surface area contributed by atoms with Gasteiger partial charge in [-0.05, 0) is 33.7 Å². The molecule has 0 aromatic rings. The SMILES string of the molecule is CC(C)OCCN(C)CC1(CO)CCOCC1. The molecule has 1 fully saturated rings. The minimum absolute atomic E-state index is 0.0326. The number of nitrogens with zero attached hydrogens (tertiary/aromatic N) is 1. The Morgan fingerprint density at radius 2 is 2.00 bits per heavy atom. The summed E-state index contributed by atoms with van der Waals surface area (Å²) < 4.78 is 10.9. The monoisotopic (exact) mass is 245 g/mol. The number of ether oxygens (including phenoxy) is 2. The zero-order valence-corrected chi connectivity index (χ0v) is 11.4. The Bertz CT molecular complexity index is 203. The Kier molecular flexibility index (Phi) is 6.41. The molecule has 1 aliphatic heterocycles. The van der Waals surface area contributed by atoms with Gasteiger partial charge in [0.2, 0.25) is 0 Å². The van der Waals surface area contributed by atoms with Crippen molar-refractivity contribution >= 4 is 0 Å². The molecule has 0 spiro atoms. The van der Waals surface area contributed by atoms with Crippen LogP contribution in [-0.2, 0) is 9.47 Å². The van der Waals surface area contributed by atoms with E-state index < -0.39 is 0 Å². The Hall–Kier alpha value is -0.160. The molecule has 0 bridgehead atoms. The van der Waals surface area contributed by atoms with Crippen molar-refractivity contribution in [1.82, 2.24) is 4.90 Å². The van der Waals surface area contributed by atoms with Crippen LogP contribution in [-0.4, -0.2) is 62.7 Å². The van der Waals surface area contributed by atoms with Crippen molar-refractivity contribution in [3.63, 3.8) is 0 Å². The van der Waals surface area contributed by atoms with Crippen LogP contribution >= 0.6 is 0 Å². The van der Waals surface area contributed by atoms with Crippen molar-refractivity contribution in [1.29, 1.82) is 0 Å². The molecule has 0 aliphatic carbocycles. The van der Waals surface area contributed by atoms with Crippen molar-refractivity contribution in [2.75, 3.05) is 46.6 Å². The first kappa shape index (κ1) is 14.9. The molecule has 17 heavy (non-hydrogen) atoms. The molecule has 4 nitrogen and oxygen atoms in total. The topological polar surface area (TPSA) is 41.9 Å². The summed E-state index contributed by atoms with van der Waals surface area (Å²) in [5.74, 6) is 0. The van der Waals surface area contributed by atoms with E-state index in [1.165, 1.54) is 0 Å². The number of aliphatic hydroxyl groups excluding tert-OH is 1. The summed E-state index contributed by atoms with van der Waals surface area (Å²) in [5.41, 5.74) is 0.0326. The normalized spacial score (nSPS) is 20.1. The number of likely N-dealkylation sites (N-methyl/N-ethyl adjacent to an activating group) is 1. The molecule has 1 aliphatic rings. The third-order valence-corrected chi connectivity index (χ3v) is 3.42. The minimum Gasteiger partial charge on any atom is -0.396 e. The lowest BCUT2D eigenvalue weighted by molar-refractivity contribution is -0.0350. The summed E-state index contributed by atoms with van der Waals surface area (Å²) in [6.45, 7) is 8.50. The summed E-state index contributed by atoms with van der Waals surface area (Å²) in [4.78, 5) is 2.25. The van der Waals surface area contributed by atoms with Gasteiger partial charge in [0.1, 0.15) is 0 Å². The summed E-state index contributed by atoms with van der Waals surface area (Å²) in [6.07, 6.45) is 2.20. The van der Waals surface area contributed by atoms with Gasteiger partial charge in [-0.2, -0.15) is 0 Å². The number of rotatable bonds is 7. The second-order valence-electron chi connectivity index (χ2n) is 5.43. The van der Waals surface area contributed by atoms with Crippen LogP contribution in [0.15, 0.2) is 0 Å². The lowest BCUT2D eigenvalue weighted by Crippen LogP contribution is -2.43. The first-order valence-electron chi connectivity index (χ1n) is 6.57. The van der Waals surface area contributed by atoms with E-state index in [-0.39, 0.29) is 12.0 Å². The zero-order valence-electron chi connectivity index (χ0n) is 11.4. The van der Waals surface area contributed by atoms with E-state index in [1.54, 1.807) is 0 Å². The Morgan fingerprint density at radius 3 is 2.53 bits per heavy atom. The van der Waals surface area contributed by atoms with E-state index in [1.807, 2.05) is 13.8 Å². The maximum atomic E-state index is 9.59. The van der Waals surface area contributed by atoms with Gasteiger partial charge in [-0.1, -0.05) is 0 Å². The maximum absolute atomic E-state index is 9.59. The fourth-order valence-electron chi connectivity index (χ4n) is 2.27. The van der Waals surface area contributed by atoms with E-state index in [9.17, 15) is 5.11 Å². The molecule has 0 unspecified atom stereocenters. The first-order valence-corrected chi connectivity index (χ1v) is 6.57. The van der Waals surface area contributed by atoms with Crippen molar-refractivity contribution < 1.29 is 14.6 Å². The Balaban J connectivity index is 2.29. The van der Waals surface area contributed by atoms with Crippen LogP contribution in [0.2, 0.25) is 0 Å². The van der Waals surface area contributed by atoms with E-state index >= 15 is 0 Å². The van der Waals surface area contributed by atoms with Crippen LogP contribution in [0.4, 0.5) is 0 Å². The van der Waals surface area contributed by atoms with E-state index in [4.69, 9.17) is 9.47 Å².